The van der Waals surface area contributed by atoms with Crippen LogP contribution in [0.5, 0.6) is 0 Å². The van der Waals surface area contributed by atoms with Crippen molar-refractivity contribution in [3.8, 4) is 0 Å². The maximum Gasteiger partial charge on any atom is 0.233 e. The number of anilines is 3. The predicted octanol–water partition coefficient (Wildman–Crippen LogP) is 3.47. The Labute approximate surface area is 172 Å². The molecule has 0 aliphatic carbocycles. The number of hydrogen-bond acceptors (Lipinski definition) is 8. The van der Waals surface area contributed by atoms with Crippen LogP contribution in [-0.2, 0) is 0 Å². The van der Waals surface area contributed by atoms with E-state index in [2.05, 4.69) is 82.0 Å². The van der Waals surface area contributed by atoms with Crippen molar-refractivity contribution in [3.63, 3.8) is 0 Å². The molecule has 0 bridgehead atoms. The van der Waals surface area contributed by atoms with Crippen LogP contribution in [0.4, 0.5) is 17.7 Å². The Balaban J connectivity index is 1.88. The molecule has 0 aliphatic rings. The van der Waals surface area contributed by atoms with Crippen molar-refractivity contribution in [1.82, 2.24) is 34.4 Å². The molecule has 29 heavy (non-hydrogen) atoms. The number of aromatic nitrogens is 6. The standard InChI is InChI=1S/C20H31N9/c1-13(2)28(14(3)4)11-10-21-17-16-18(29(12-24-16)15(5)6)26-20(25-17)27-19-22-8-7-9-23-19/h7-9,12-15H,10-11H2,1-6H3,(H2,21,22,23,25,26,27). The molecule has 9 heteroatoms. The second-order valence-electron chi connectivity index (χ2n) is 7.86. The molecule has 3 rings (SSSR count). The van der Waals surface area contributed by atoms with Gasteiger partial charge in [-0.3, -0.25) is 10.2 Å². The Kier molecular flexibility index (Phi) is 6.58. The third kappa shape index (κ3) is 4.97. The fraction of sp³-hybridized carbons (Fsp3) is 0.550. The third-order valence-electron chi connectivity index (χ3n) is 4.76. The largest absolute Gasteiger partial charge is 0.367 e. The van der Waals surface area contributed by atoms with Gasteiger partial charge in [0, 0.05) is 43.6 Å². The van der Waals surface area contributed by atoms with Gasteiger partial charge in [0.25, 0.3) is 0 Å². The molecule has 0 amide bonds. The van der Waals surface area contributed by atoms with Crippen LogP contribution in [-0.4, -0.2) is 59.6 Å². The highest BCUT2D eigenvalue weighted by Gasteiger charge is 2.17. The highest BCUT2D eigenvalue weighted by molar-refractivity contribution is 5.84. The number of fused-ring (bicyclic) bond motifs is 1. The van der Waals surface area contributed by atoms with Crippen molar-refractivity contribution in [2.75, 3.05) is 23.7 Å². The van der Waals surface area contributed by atoms with E-state index in [1.807, 2.05) is 10.9 Å². The first kappa shape index (κ1) is 20.9. The van der Waals surface area contributed by atoms with Crippen molar-refractivity contribution < 1.29 is 0 Å². The minimum atomic E-state index is 0.237. The first-order valence-electron chi connectivity index (χ1n) is 10.1. The summed E-state index contributed by atoms with van der Waals surface area (Å²) in [5, 5.41) is 6.55. The van der Waals surface area contributed by atoms with Crippen LogP contribution in [0.2, 0.25) is 0 Å². The first-order valence-corrected chi connectivity index (χ1v) is 10.1. The van der Waals surface area contributed by atoms with E-state index in [4.69, 9.17) is 0 Å². The van der Waals surface area contributed by atoms with Crippen LogP contribution in [0.3, 0.4) is 0 Å². The summed E-state index contributed by atoms with van der Waals surface area (Å²) in [5.74, 6) is 1.61. The molecule has 0 spiro atoms. The molecule has 3 aromatic heterocycles. The Morgan fingerprint density at radius 2 is 1.62 bits per heavy atom. The highest BCUT2D eigenvalue weighted by Crippen LogP contribution is 2.24. The number of hydrogen-bond donors (Lipinski definition) is 2. The van der Waals surface area contributed by atoms with Crippen LogP contribution in [0.1, 0.15) is 47.6 Å². The molecule has 3 aromatic rings. The Morgan fingerprint density at radius 3 is 2.24 bits per heavy atom. The quantitative estimate of drug-likeness (QED) is 0.566. The third-order valence-corrected chi connectivity index (χ3v) is 4.76. The second-order valence-corrected chi connectivity index (χ2v) is 7.86. The molecule has 0 atom stereocenters. The van der Waals surface area contributed by atoms with E-state index in [-0.39, 0.29) is 6.04 Å². The zero-order valence-electron chi connectivity index (χ0n) is 18.1. The molecule has 0 saturated carbocycles. The van der Waals surface area contributed by atoms with Gasteiger partial charge in [-0.05, 0) is 47.6 Å². The number of rotatable bonds is 9. The smallest absolute Gasteiger partial charge is 0.233 e. The molecule has 0 aliphatic heterocycles. The van der Waals surface area contributed by atoms with E-state index >= 15 is 0 Å². The molecule has 9 nitrogen and oxygen atoms in total. The van der Waals surface area contributed by atoms with Gasteiger partial charge < -0.3 is 9.88 Å². The molecule has 0 unspecified atom stereocenters. The van der Waals surface area contributed by atoms with Gasteiger partial charge in [0.05, 0.1) is 6.33 Å². The lowest BCUT2D eigenvalue weighted by Crippen LogP contribution is -2.40. The molecule has 156 valence electrons. The molecule has 3 heterocycles. The van der Waals surface area contributed by atoms with E-state index in [0.29, 0.717) is 29.8 Å². The van der Waals surface area contributed by atoms with Gasteiger partial charge in [-0.15, -0.1) is 0 Å². The van der Waals surface area contributed by atoms with Crippen molar-refractivity contribution in [3.05, 3.63) is 24.8 Å². The summed E-state index contributed by atoms with van der Waals surface area (Å²) in [5.41, 5.74) is 1.54. The van der Waals surface area contributed by atoms with Crippen molar-refractivity contribution >= 4 is 28.9 Å². The van der Waals surface area contributed by atoms with E-state index in [0.717, 1.165) is 24.3 Å². The minimum Gasteiger partial charge on any atom is -0.367 e. The summed E-state index contributed by atoms with van der Waals surface area (Å²) >= 11 is 0. The zero-order chi connectivity index (χ0) is 21.0. The van der Waals surface area contributed by atoms with E-state index in [1.165, 1.54) is 0 Å². The van der Waals surface area contributed by atoms with Crippen LogP contribution in [0.15, 0.2) is 24.8 Å². The van der Waals surface area contributed by atoms with E-state index in [1.54, 1.807) is 18.5 Å². The van der Waals surface area contributed by atoms with Gasteiger partial charge in [-0.1, -0.05) is 0 Å². The maximum atomic E-state index is 4.66. The average molecular weight is 398 g/mol. The maximum absolute atomic E-state index is 4.66. The lowest BCUT2D eigenvalue weighted by atomic mass is 10.2. The second kappa shape index (κ2) is 9.13. The molecule has 0 aromatic carbocycles. The van der Waals surface area contributed by atoms with Crippen LogP contribution >= 0.6 is 0 Å². The molecule has 2 N–H and O–H groups in total. The summed E-state index contributed by atoms with van der Waals surface area (Å²) in [6, 6.07) is 2.97. The lowest BCUT2D eigenvalue weighted by Gasteiger charge is -2.30. The fourth-order valence-corrected chi connectivity index (χ4v) is 3.35. The molecular weight excluding hydrogens is 366 g/mol. The Morgan fingerprint density at radius 1 is 0.931 bits per heavy atom. The number of nitrogens with zero attached hydrogens (tertiary/aromatic N) is 7. The summed E-state index contributed by atoms with van der Waals surface area (Å²) in [6.45, 7) is 14.8. The molecular formula is C20H31N9. The minimum absolute atomic E-state index is 0.237. The Hall–Kier alpha value is -2.81. The lowest BCUT2D eigenvalue weighted by molar-refractivity contribution is 0.182. The van der Waals surface area contributed by atoms with Crippen LogP contribution in [0.25, 0.3) is 11.2 Å². The van der Waals surface area contributed by atoms with E-state index in [9.17, 15) is 0 Å². The summed E-state index contributed by atoms with van der Waals surface area (Å²) in [6.07, 6.45) is 5.17. The molecule has 0 saturated heterocycles. The zero-order valence-corrected chi connectivity index (χ0v) is 18.1. The first-order chi connectivity index (χ1) is 13.9. The Bertz CT molecular complexity index is 910. The van der Waals surface area contributed by atoms with Gasteiger partial charge in [0.1, 0.15) is 0 Å². The topological polar surface area (TPSA) is 96.7 Å². The van der Waals surface area contributed by atoms with Crippen LogP contribution < -0.4 is 10.6 Å². The number of imidazole rings is 1. The van der Waals surface area contributed by atoms with Crippen molar-refractivity contribution in [1.29, 1.82) is 0 Å². The van der Waals surface area contributed by atoms with Crippen LogP contribution in [0, 0.1) is 0 Å². The van der Waals surface area contributed by atoms with Crippen molar-refractivity contribution in [2.45, 2.75) is 59.7 Å². The molecule has 0 radical (unpaired) electrons. The summed E-state index contributed by atoms with van der Waals surface area (Å²) in [7, 11) is 0. The van der Waals surface area contributed by atoms with E-state index < -0.39 is 0 Å². The van der Waals surface area contributed by atoms with Gasteiger partial charge in [-0.2, -0.15) is 9.97 Å². The molecule has 0 fully saturated rings. The number of nitrogens with one attached hydrogen (secondary N) is 2. The summed E-state index contributed by atoms with van der Waals surface area (Å²) < 4.78 is 2.04. The van der Waals surface area contributed by atoms with Crippen molar-refractivity contribution in [2.24, 2.45) is 0 Å². The van der Waals surface area contributed by atoms with Gasteiger partial charge in [0.2, 0.25) is 11.9 Å². The van der Waals surface area contributed by atoms with Gasteiger partial charge >= 0.3 is 0 Å². The predicted molar refractivity (Wildman–Crippen MR) is 116 cm³/mol. The van der Waals surface area contributed by atoms with Gasteiger partial charge in [-0.25, -0.2) is 15.0 Å². The normalized spacial score (nSPS) is 11.9. The van der Waals surface area contributed by atoms with Gasteiger partial charge in [0.15, 0.2) is 17.0 Å². The average Bonchev–Trinajstić information content (AvgIpc) is 3.09. The monoisotopic (exact) mass is 397 g/mol. The SMILES string of the molecule is CC(C)N(CCNc1nc(Nc2ncccn2)nc2c1ncn2C(C)C)C(C)C. The fourth-order valence-electron chi connectivity index (χ4n) is 3.35. The highest BCUT2D eigenvalue weighted by atomic mass is 15.3. The summed E-state index contributed by atoms with van der Waals surface area (Å²) in [4.78, 5) is 24.7.